The van der Waals surface area contributed by atoms with E-state index in [1.807, 2.05) is 13.8 Å². The Bertz CT molecular complexity index is 281. The second-order valence-electron chi connectivity index (χ2n) is 4.67. The first-order valence-corrected chi connectivity index (χ1v) is 6.19. The number of hydrogen-bond donors (Lipinski definition) is 1. The van der Waals surface area contributed by atoms with Crippen LogP contribution in [0.4, 0.5) is 0 Å². The summed E-state index contributed by atoms with van der Waals surface area (Å²) < 4.78 is 0. The van der Waals surface area contributed by atoms with Crippen molar-refractivity contribution in [3.63, 3.8) is 0 Å². The maximum atomic E-state index is 11.2. The average molecular weight is 246 g/mol. The average Bonchev–Trinajstić information content (AvgIpc) is 2.29. The van der Waals surface area contributed by atoms with Crippen LogP contribution < -0.4 is 0 Å². The molecular weight excluding hydrogens is 226 g/mol. The van der Waals surface area contributed by atoms with Gasteiger partial charge in [-0.3, -0.25) is 9.69 Å². The molecule has 0 aliphatic carbocycles. The van der Waals surface area contributed by atoms with Crippen molar-refractivity contribution in [3.05, 3.63) is 11.1 Å². The standard InChI is InChI=1S/C12H20ClNO2/c1-3-12(11(15)16)4-6-14(7-5-12)9-10(2)8-13/h8H,3-7,9H2,1-2H3,(H,15,16). The number of nitrogens with zero attached hydrogens (tertiary/aromatic N) is 1. The summed E-state index contributed by atoms with van der Waals surface area (Å²) in [5.74, 6) is -0.640. The fourth-order valence-corrected chi connectivity index (χ4v) is 2.31. The number of aliphatic carboxylic acids is 1. The summed E-state index contributed by atoms with van der Waals surface area (Å²) in [4.78, 5) is 13.5. The zero-order chi connectivity index (χ0) is 12.2. The zero-order valence-corrected chi connectivity index (χ0v) is 10.8. The van der Waals surface area contributed by atoms with Gasteiger partial charge in [0.05, 0.1) is 5.41 Å². The van der Waals surface area contributed by atoms with Crippen LogP contribution in [0.2, 0.25) is 0 Å². The highest BCUT2D eigenvalue weighted by atomic mass is 35.5. The van der Waals surface area contributed by atoms with E-state index >= 15 is 0 Å². The van der Waals surface area contributed by atoms with Crippen LogP contribution in [0.25, 0.3) is 0 Å². The summed E-state index contributed by atoms with van der Waals surface area (Å²) in [6.07, 6.45) is 2.21. The van der Waals surface area contributed by atoms with E-state index in [0.717, 1.165) is 44.5 Å². The Labute approximate surface area is 102 Å². The molecule has 0 radical (unpaired) electrons. The molecule has 1 fully saturated rings. The lowest BCUT2D eigenvalue weighted by molar-refractivity contribution is -0.152. The van der Waals surface area contributed by atoms with Gasteiger partial charge in [0.25, 0.3) is 0 Å². The molecule has 1 saturated heterocycles. The van der Waals surface area contributed by atoms with Gasteiger partial charge in [0.2, 0.25) is 0 Å². The molecule has 0 bridgehead atoms. The predicted octanol–water partition coefficient (Wildman–Crippen LogP) is 2.71. The van der Waals surface area contributed by atoms with E-state index in [9.17, 15) is 9.90 Å². The zero-order valence-electron chi connectivity index (χ0n) is 10.0. The molecule has 0 unspecified atom stereocenters. The second kappa shape index (κ2) is 5.69. The summed E-state index contributed by atoms with van der Waals surface area (Å²) >= 11 is 5.62. The molecule has 0 aromatic carbocycles. The maximum Gasteiger partial charge on any atom is 0.309 e. The molecule has 1 aliphatic rings. The number of carboxylic acids is 1. The van der Waals surface area contributed by atoms with Gasteiger partial charge < -0.3 is 5.11 Å². The lowest BCUT2D eigenvalue weighted by Crippen LogP contribution is -2.44. The van der Waals surface area contributed by atoms with Crippen molar-refractivity contribution in [2.24, 2.45) is 5.41 Å². The number of halogens is 1. The normalized spacial score (nSPS) is 22.1. The van der Waals surface area contributed by atoms with Gasteiger partial charge in [-0.2, -0.15) is 0 Å². The SMILES string of the molecule is CCC1(C(=O)O)CCN(CC(C)=CCl)CC1. The second-order valence-corrected chi connectivity index (χ2v) is 4.89. The maximum absolute atomic E-state index is 11.2. The monoisotopic (exact) mass is 245 g/mol. The molecule has 16 heavy (non-hydrogen) atoms. The molecule has 92 valence electrons. The van der Waals surface area contributed by atoms with E-state index in [2.05, 4.69) is 4.90 Å². The molecule has 1 rings (SSSR count). The van der Waals surface area contributed by atoms with Gasteiger partial charge in [0.15, 0.2) is 0 Å². The Morgan fingerprint density at radius 3 is 2.44 bits per heavy atom. The number of rotatable bonds is 4. The smallest absolute Gasteiger partial charge is 0.309 e. The van der Waals surface area contributed by atoms with Crippen molar-refractivity contribution in [1.82, 2.24) is 4.90 Å². The topological polar surface area (TPSA) is 40.5 Å². The molecule has 0 spiro atoms. The van der Waals surface area contributed by atoms with E-state index in [1.54, 1.807) is 5.54 Å². The Hall–Kier alpha value is -0.540. The number of hydrogen-bond acceptors (Lipinski definition) is 2. The largest absolute Gasteiger partial charge is 0.481 e. The van der Waals surface area contributed by atoms with Gasteiger partial charge in [-0.25, -0.2) is 0 Å². The number of likely N-dealkylation sites (tertiary alicyclic amines) is 1. The highest BCUT2D eigenvalue weighted by molar-refractivity contribution is 6.25. The molecule has 1 aliphatic heterocycles. The van der Waals surface area contributed by atoms with Crippen LogP contribution in [0.5, 0.6) is 0 Å². The first-order chi connectivity index (χ1) is 7.54. The van der Waals surface area contributed by atoms with Crippen LogP contribution in [0.1, 0.15) is 33.1 Å². The minimum atomic E-state index is -0.640. The van der Waals surface area contributed by atoms with Crippen molar-refractivity contribution >= 4 is 17.6 Å². The quantitative estimate of drug-likeness (QED) is 0.828. The van der Waals surface area contributed by atoms with Crippen LogP contribution >= 0.6 is 11.6 Å². The predicted molar refractivity (Wildman–Crippen MR) is 65.6 cm³/mol. The van der Waals surface area contributed by atoms with Crippen LogP contribution in [0.15, 0.2) is 11.1 Å². The fraction of sp³-hybridized carbons (Fsp3) is 0.750. The number of carbonyl (C=O) groups is 1. The minimum Gasteiger partial charge on any atom is -0.481 e. The van der Waals surface area contributed by atoms with Gasteiger partial charge in [-0.05, 0) is 44.8 Å². The van der Waals surface area contributed by atoms with Crippen LogP contribution in [0, 0.1) is 5.41 Å². The summed E-state index contributed by atoms with van der Waals surface area (Å²) in [7, 11) is 0. The molecule has 0 aromatic heterocycles. The molecule has 1 heterocycles. The molecule has 0 saturated carbocycles. The Balaban J connectivity index is 2.53. The lowest BCUT2D eigenvalue weighted by atomic mass is 9.76. The van der Waals surface area contributed by atoms with Crippen LogP contribution in [-0.4, -0.2) is 35.6 Å². The number of carboxylic acid groups (broad SMARTS) is 1. The van der Waals surface area contributed by atoms with Crippen molar-refractivity contribution in [3.8, 4) is 0 Å². The van der Waals surface area contributed by atoms with Crippen molar-refractivity contribution < 1.29 is 9.90 Å². The van der Waals surface area contributed by atoms with E-state index < -0.39 is 11.4 Å². The molecule has 3 nitrogen and oxygen atoms in total. The van der Waals surface area contributed by atoms with Crippen LogP contribution in [0.3, 0.4) is 0 Å². The molecular formula is C12H20ClNO2. The molecule has 4 heteroatoms. The van der Waals surface area contributed by atoms with E-state index in [-0.39, 0.29) is 0 Å². The molecule has 0 atom stereocenters. The Kier molecular flexibility index (Phi) is 4.81. The highest BCUT2D eigenvalue weighted by Gasteiger charge is 2.39. The minimum absolute atomic E-state index is 0.491. The summed E-state index contributed by atoms with van der Waals surface area (Å²) in [5, 5.41) is 9.25. The molecule has 0 aromatic rings. The summed E-state index contributed by atoms with van der Waals surface area (Å²) in [6, 6.07) is 0. The van der Waals surface area contributed by atoms with Crippen molar-refractivity contribution in [2.75, 3.05) is 19.6 Å². The Morgan fingerprint density at radius 2 is 2.06 bits per heavy atom. The van der Waals surface area contributed by atoms with E-state index in [4.69, 9.17) is 11.6 Å². The van der Waals surface area contributed by atoms with Crippen molar-refractivity contribution in [1.29, 1.82) is 0 Å². The lowest BCUT2D eigenvalue weighted by Gasteiger charge is -2.38. The fourth-order valence-electron chi connectivity index (χ4n) is 2.25. The highest BCUT2D eigenvalue weighted by Crippen LogP contribution is 2.35. The van der Waals surface area contributed by atoms with Gasteiger partial charge in [-0.15, -0.1) is 0 Å². The molecule has 0 amide bonds. The Morgan fingerprint density at radius 1 is 1.50 bits per heavy atom. The molecule has 1 N–H and O–H groups in total. The third-order valence-electron chi connectivity index (χ3n) is 3.60. The van der Waals surface area contributed by atoms with Gasteiger partial charge in [0, 0.05) is 12.1 Å². The first kappa shape index (κ1) is 13.5. The summed E-state index contributed by atoms with van der Waals surface area (Å²) in [6.45, 7) is 6.51. The third kappa shape index (κ3) is 2.98. The van der Waals surface area contributed by atoms with Gasteiger partial charge >= 0.3 is 5.97 Å². The van der Waals surface area contributed by atoms with Crippen LogP contribution in [-0.2, 0) is 4.79 Å². The summed E-state index contributed by atoms with van der Waals surface area (Å²) in [5.41, 5.74) is 2.23. The van der Waals surface area contributed by atoms with Crippen molar-refractivity contribution in [2.45, 2.75) is 33.1 Å². The third-order valence-corrected chi connectivity index (χ3v) is 3.98. The van der Waals surface area contributed by atoms with Gasteiger partial charge in [0.1, 0.15) is 0 Å². The van der Waals surface area contributed by atoms with Gasteiger partial charge in [-0.1, -0.05) is 18.5 Å². The van der Waals surface area contributed by atoms with E-state index in [0.29, 0.717) is 0 Å². The van der Waals surface area contributed by atoms with E-state index in [1.165, 1.54) is 0 Å². The number of piperidine rings is 1. The first-order valence-electron chi connectivity index (χ1n) is 5.75.